The van der Waals surface area contributed by atoms with E-state index in [4.69, 9.17) is 14.6 Å². The van der Waals surface area contributed by atoms with Crippen LogP contribution in [0, 0.1) is 0 Å². The minimum atomic E-state index is -3.29. The van der Waals surface area contributed by atoms with Gasteiger partial charge in [-0.05, 0) is 53.4 Å². The van der Waals surface area contributed by atoms with Crippen LogP contribution in [0.4, 0.5) is 0 Å². The molecule has 0 aliphatic carbocycles. The van der Waals surface area contributed by atoms with Gasteiger partial charge in [-0.1, -0.05) is 19.1 Å². The summed E-state index contributed by atoms with van der Waals surface area (Å²) in [7, 11) is -1.73. The summed E-state index contributed by atoms with van der Waals surface area (Å²) < 4.78 is 35.1. The summed E-state index contributed by atoms with van der Waals surface area (Å²) in [6.45, 7) is 1.59. The van der Waals surface area contributed by atoms with Crippen LogP contribution in [0.1, 0.15) is 12.5 Å². The van der Waals surface area contributed by atoms with Gasteiger partial charge in [0.05, 0.1) is 24.2 Å². The molecule has 0 atom stereocenters. The van der Waals surface area contributed by atoms with E-state index in [1.54, 1.807) is 44.4 Å². The summed E-state index contributed by atoms with van der Waals surface area (Å²) in [4.78, 5) is 11.3. The van der Waals surface area contributed by atoms with Gasteiger partial charge in [-0.3, -0.25) is 4.79 Å². The molecule has 0 fully saturated rings. The summed E-state index contributed by atoms with van der Waals surface area (Å²) in [5.74, 6) is 0.653. The molecule has 146 valence electrons. The number of carboxylic acids is 1. The first-order chi connectivity index (χ1) is 13.3. The Balaban J connectivity index is 2.03. The Labute approximate surface area is 163 Å². The summed E-state index contributed by atoms with van der Waals surface area (Å²) in [5.41, 5.74) is 0.602. The van der Waals surface area contributed by atoms with Crippen molar-refractivity contribution in [2.45, 2.75) is 18.2 Å². The van der Waals surface area contributed by atoms with Crippen molar-refractivity contribution in [1.29, 1.82) is 0 Å². The topological polar surface area (TPSA) is 89.9 Å². The highest BCUT2D eigenvalue weighted by molar-refractivity contribution is 7.91. The predicted octanol–water partition coefficient (Wildman–Crippen LogP) is 4.06. The number of hydrogen-bond acceptors (Lipinski definition) is 5. The van der Waals surface area contributed by atoms with Gasteiger partial charge in [0.1, 0.15) is 17.2 Å². The second-order valence-electron chi connectivity index (χ2n) is 6.23. The molecule has 0 amide bonds. The van der Waals surface area contributed by atoms with Gasteiger partial charge in [0.25, 0.3) is 0 Å². The van der Waals surface area contributed by atoms with E-state index in [-0.39, 0.29) is 17.1 Å². The van der Waals surface area contributed by atoms with Gasteiger partial charge in [0, 0.05) is 5.39 Å². The number of fused-ring (bicyclic) bond motifs is 1. The van der Waals surface area contributed by atoms with Crippen molar-refractivity contribution in [2.75, 3.05) is 12.9 Å². The number of rotatable bonds is 7. The number of ether oxygens (including phenoxy) is 2. The fraction of sp³-hybridized carbons (Fsp3) is 0.190. The molecule has 3 aromatic carbocycles. The normalized spacial score (nSPS) is 11.4. The summed E-state index contributed by atoms with van der Waals surface area (Å²) in [6, 6.07) is 15.1. The fourth-order valence-corrected chi connectivity index (χ4v) is 3.74. The lowest BCUT2D eigenvalue weighted by atomic mass is 10.0. The van der Waals surface area contributed by atoms with Crippen LogP contribution in [0.5, 0.6) is 17.2 Å². The third-order valence-corrected chi connectivity index (χ3v) is 6.08. The average molecular weight is 400 g/mol. The highest BCUT2D eigenvalue weighted by Crippen LogP contribution is 2.34. The Morgan fingerprint density at radius 3 is 2.29 bits per heavy atom. The van der Waals surface area contributed by atoms with E-state index in [9.17, 15) is 13.2 Å². The van der Waals surface area contributed by atoms with Crippen LogP contribution in [-0.2, 0) is 21.1 Å². The summed E-state index contributed by atoms with van der Waals surface area (Å²) >= 11 is 0. The van der Waals surface area contributed by atoms with E-state index in [1.165, 1.54) is 12.1 Å². The van der Waals surface area contributed by atoms with Crippen molar-refractivity contribution in [3.8, 4) is 17.2 Å². The molecular formula is C21H20O6S. The maximum atomic E-state index is 12.0. The van der Waals surface area contributed by atoms with Gasteiger partial charge in [-0.25, -0.2) is 8.42 Å². The third kappa shape index (κ3) is 4.26. The van der Waals surface area contributed by atoms with E-state index >= 15 is 0 Å². The Bertz CT molecular complexity index is 1120. The molecule has 1 N–H and O–H groups in total. The van der Waals surface area contributed by atoms with Crippen molar-refractivity contribution in [1.82, 2.24) is 0 Å². The Morgan fingerprint density at radius 1 is 1.00 bits per heavy atom. The Kier molecular flexibility index (Phi) is 5.56. The second kappa shape index (κ2) is 7.90. The van der Waals surface area contributed by atoms with Crippen LogP contribution in [0.3, 0.4) is 0 Å². The first kappa shape index (κ1) is 19.7. The fourth-order valence-electron chi connectivity index (χ4n) is 2.86. The summed E-state index contributed by atoms with van der Waals surface area (Å²) in [6.07, 6.45) is -0.133. The molecule has 0 saturated heterocycles. The third-order valence-electron chi connectivity index (χ3n) is 4.33. The van der Waals surface area contributed by atoms with E-state index in [2.05, 4.69) is 0 Å². The van der Waals surface area contributed by atoms with Crippen LogP contribution >= 0.6 is 0 Å². The van der Waals surface area contributed by atoms with Crippen LogP contribution < -0.4 is 9.47 Å². The largest absolute Gasteiger partial charge is 0.497 e. The molecule has 3 aromatic rings. The van der Waals surface area contributed by atoms with Gasteiger partial charge in [-0.2, -0.15) is 0 Å². The molecule has 3 rings (SSSR count). The molecule has 0 bridgehead atoms. The number of aliphatic carboxylic acids is 1. The van der Waals surface area contributed by atoms with Crippen LogP contribution in [0.15, 0.2) is 59.5 Å². The molecule has 0 saturated carbocycles. The molecule has 6 nitrogen and oxygen atoms in total. The van der Waals surface area contributed by atoms with Gasteiger partial charge < -0.3 is 14.6 Å². The molecule has 28 heavy (non-hydrogen) atoms. The lowest BCUT2D eigenvalue weighted by Gasteiger charge is -2.13. The predicted molar refractivity (Wildman–Crippen MR) is 106 cm³/mol. The maximum absolute atomic E-state index is 12.0. The highest BCUT2D eigenvalue weighted by Gasteiger charge is 2.13. The van der Waals surface area contributed by atoms with Crippen molar-refractivity contribution in [3.63, 3.8) is 0 Å². The number of hydrogen-bond donors (Lipinski definition) is 1. The zero-order valence-electron chi connectivity index (χ0n) is 15.5. The number of benzene rings is 3. The standard InChI is InChI=1S/C21H20O6S/c1-3-28(24,25)18-8-6-16(7-9-18)27-20-11-14(12-21(22)23)10-15-4-5-17(26-2)13-19(15)20/h4-11,13H,3,12H2,1-2H3,(H,22,23). The van der Waals surface area contributed by atoms with Crippen molar-refractivity contribution < 1.29 is 27.8 Å². The highest BCUT2D eigenvalue weighted by atomic mass is 32.2. The molecule has 0 spiro atoms. The zero-order chi connectivity index (χ0) is 20.3. The smallest absolute Gasteiger partial charge is 0.307 e. The van der Waals surface area contributed by atoms with Crippen LogP contribution in [0.2, 0.25) is 0 Å². The number of carboxylic acid groups (broad SMARTS) is 1. The monoisotopic (exact) mass is 400 g/mol. The van der Waals surface area contributed by atoms with Crippen LogP contribution in [-0.4, -0.2) is 32.4 Å². The molecule has 0 heterocycles. The van der Waals surface area contributed by atoms with E-state index in [1.807, 2.05) is 12.1 Å². The van der Waals surface area contributed by atoms with Gasteiger partial charge in [-0.15, -0.1) is 0 Å². The SMILES string of the molecule is CCS(=O)(=O)c1ccc(Oc2cc(CC(=O)O)cc3ccc(OC)cc23)cc1. The lowest BCUT2D eigenvalue weighted by molar-refractivity contribution is -0.136. The number of sulfone groups is 1. The average Bonchev–Trinajstić information content (AvgIpc) is 2.67. The first-order valence-corrected chi connectivity index (χ1v) is 10.3. The molecule has 0 unspecified atom stereocenters. The number of methoxy groups -OCH3 is 1. The molecule has 7 heteroatoms. The minimum Gasteiger partial charge on any atom is -0.497 e. The zero-order valence-corrected chi connectivity index (χ0v) is 16.3. The van der Waals surface area contributed by atoms with Crippen LogP contribution in [0.25, 0.3) is 10.8 Å². The quantitative estimate of drug-likeness (QED) is 0.643. The van der Waals surface area contributed by atoms with E-state index < -0.39 is 15.8 Å². The van der Waals surface area contributed by atoms with Gasteiger partial charge >= 0.3 is 5.97 Å². The molecular weight excluding hydrogens is 380 g/mol. The molecule has 0 aliphatic rings. The second-order valence-corrected chi connectivity index (χ2v) is 8.51. The van der Waals surface area contributed by atoms with Gasteiger partial charge in [0.2, 0.25) is 0 Å². The van der Waals surface area contributed by atoms with E-state index in [0.29, 0.717) is 22.8 Å². The van der Waals surface area contributed by atoms with Crippen molar-refractivity contribution >= 4 is 26.6 Å². The first-order valence-electron chi connectivity index (χ1n) is 8.65. The number of carbonyl (C=O) groups is 1. The maximum Gasteiger partial charge on any atom is 0.307 e. The molecule has 0 aromatic heterocycles. The van der Waals surface area contributed by atoms with E-state index in [0.717, 1.165) is 10.8 Å². The Hall–Kier alpha value is -3.06. The van der Waals surface area contributed by atoms with Crippen molar-refractivity contribution in [3.05, 3.63) is 60.2 Å². The lowest BCUT2D eigenvalue weighted by Crippen LogP contribution is -2.03. The van der Waals surface area contributed by atoms with Gasteiger partial charge in [0.15, 0.2) is 9.84 Å². The molecule has 0 radical (unpaired) electrons. The van der Waals surface area contributed by atoms with Crippen molar-refractivity contribution in [2.24, 2.45) is 0 Å². The summed E-state index contributed by atoms with van der Waals surface area (Å²) in [5, 5.41) is 10.7. The Morgan fingerprint density at radius 2 is 1.68 bits per heavy atom. The minimum absolute atomic E-state index is 0.0227. The molecule has 0 aliphatic heterocycles.